The number of benzene rings is 1. The molecule has 23 heavy (non-hydrogen) atoms. The first kappa shape index (κ1) is 19.9. The third-order valence-electron chi connectivity index (χ3n) is 4.33. The topological polar surface area (TPSA) is 64.4 Å². The Morgan fingerprint density at radius 3 is 2.61 bits per heavy atom. The van der Waals surface area contributed by atoms with Crippen LogP contribution in [0.5, 0.6) is 0 Å². The SMILES string of the molecule is CC(C)(C)[C@H](N)C(=O)NCC1CCCOC1c1ccccc1.Cl. The lowest BCUT2D eigenvalue weighted by Crippen LogP contribution is -2.50. The molecule has 1 heterocycles. The Bertz CT molecular complexity index is 488. The maximum Gasteiger partial charge on any atom is 0.237 e. The van der Waals surface area contributed by atoms with Crippen LogP contribution in [0.1, 0.15) is 45.3 Å². The molecule has 0 saturated carbocycles. The van der Waals surface area contributed by atoms with Gasteiger partial charge in [-0.15, -0.1) is 12.4 Å². The van der Waals surface area contributed by atoms with Crippen molar-refractivity contribution in [3.63, 3.8) is 0 Å². The van der Waals surface area contributed by atoms with E-state index in [9.17, 15) is 4.79 Å². The predicted molar refractivity (Wildman–Crippen MR) is 95.5 cm³/mol. The molecule has 5 heteroatoms. The molecule has 1 aromatic rings. The van der Waals surface area contributed by atoms with Crippen molar-refractivity contribution in [1.82, 2.24) is 5.32 Å². The van der Waals surface area contributed by atoms with Gasteiger partial charge >= 0.3 is 0 Å². The molecule has 4 nitrogen and oxygen atoms in total. The Labute approximate surface area is 145 Å². The van der Waals surface area contributed by atoms with Gasteiger partial charge in [0.15, 0.2) is 0 Å². The van der Waals surface area contributed by atoms with Crippen LogP contribution in [-0.2, 0) is 9.53 Å². The number of hydrogen-bond acceptors (Lipinski definition) is 3. The maximum atomic E-state index is 12.2. The highest BCUT2D eigenvalue weighted by molar-refractivity contribution is 5.85. The number of halogens is 1. The summed E-state index contributed by atoms with van der Waals surface area (Å²) in [7, 11) is 0. The lowest BCUT2D eigenvalue weighted by molar-refractivity contribution is -0.125. The lowest BCUT2D eigenvalue weighted by atomic mass is 9.86. The van der Waals surface area contributed by atoms with Gasteiger partial charge in [-0.3, -0.25) is 4.79 Å². The quantitative estimate of drug-likeness (QED) is 0.885. The van der Waals surface area contributed by atoms with Crippen LogP contribution in [0.25, 0.3) is 0 Å². The van der Waals surface area contributed by atoms with Crippen LogP contribution in [0.4, 0.5) is 0 Å². The van der Waals surface area contributed by atoms with Crippen molar-refractivity contribution in [2.24, 2.45) is 17.1 Å². The fourth-order valence-corrected chi connectivity index (χ4v) is 2.80. The van der Waals surface area contributed by atoms with E-state index in [4.69, 9.17) is 10.5 Å². The molecule has 2 rings (SSSR count). The summed E-state index contributed by atoms with van der Waals surface area (Å²) in [5.74, 6) is 0.220. The number of nitrogens with two attached hydrogens (primary N) is 1. The summed E-state index contributed by atoms with van der Waals surface area (Å²) in [5, 5.41) is 3.01. The minimum Gasteiger partial charge on any atom is -0.373 e. The van der Waals surface area contributed by atoms with Gasteiger partial charge in [0, 0.05) is 19.1 Å². The molecular weight excluding hydrogens is 312 g/mol. The van der Waals surface area contributed by atoms with E-state index in [1.165, 1.54) is 5.56 Å². The molecule has 0 aliphatic carbocycles. The molecule has 1 amide bonds. The van der Waals surface area contributed by atoms with Gasteiger partial charge in [-0.25, -0.2) is 0 Å². The zero-order chi connectivity index (χ0) is 16.2. The van der Waals surface area contributed by atoms with E-state index in [1.54, 1.807) is 0 Å². The number of hydrogen-bond donors (Lipinski definition) is 2. The normalized spacial score (nSPS) is 22.8. The molecule has 130 valence electrons. The van der Waals surface area contributed by atoms with E-state index in [2.05, 4.69) is 17.4 Å². The van der Waals surface area contributed by atoms with Gasteiger partial charge in [-0.2, -0.15) is 0 Å². The number of carbonyl (C=O) groups excluding carboxylic acids is 1. The first-order chi connectivity index (χ1) is 10.4. The number of ether oxygens (including phenoxy) is 1. The monoisotopic (exact) mass is 340 g/mol. The zero-order valence-electron chi connectivity index (χ0n) is 14.2. The van der Waals surface area contributed by atoms with Gasteiger partial charge in [0.1, 0.15) is 0 Å². The molecule has 0 spiro atoms. The fourth-order valence-electron chi connectivity index (χ4n) is 2.80. The predicted octanol–water partition coefficient (Wildman–Crippen LogP) is 3.07. The van der Waals surface area contributed by atoms with Gasteiger partial charge in [-0.05, 0) is 23.8 Å². The van der Waals surface area contributed by atoms with Crippen LogP contribution in [0.2, 0.25) is 0 Å². The summed E-state index contributed by atoms with van der Waals surface area (Å²) < 4.78 is 5.95. The van der Waals surface area contributed by atoms with Crippen LogP contribution >= 0.6 is 12.4 Å². The van der Waals surface area contributed by atoms with Crippen molar-refractivity contribution < 1.29 is 9.53 Å². The number of amides is 1. The molecule has 1 saturated heterocycles. The highest BCUT2D eigenvalue weighted by Gasteiger charge is 2.31. The summed E-state index contributed by atoms with van der Waals surface area (Å²) in [4.78, 5) is 12.2. The highest BCUT2D eigenvalue weighted by Crippen LogP contribution is 2.33. The van der Waals surface area contributed by atoms with Crippen molar-refractivity contribution in [3.05, 3.63) is 35.9 Å². The van der Waals surface area contributed by atoms with Crippen molar-refractivity contribution in [2.75, 3.05) is 13.2 Å². The molecule has 3 atom stereocenters. The molecule has 1 aromatic carbocycles. The van der Waals surface area contributed by atoms with Crippen LogP contribution in [-0.4, -0.2) is 25.1 Å². The molecule has 1 fully saturated rings. The summed E-state index contributed by atoms with van der Waals surface area (Å²) in [6, 6.07) is 9.74. The number of rotatable bonds is 4. The molecule has 3 N–H and O–H groups in total. The van der Waals surface area contributed by atoms with Gasteiger partial charge in [0.05, 0.1) is 12.1 Å². The van der Waals surface area contributed by atoms with E-state index in [-0.39, 0.29) is 29.8 Å². The molecule has 1 aliphatic rings. The third kappa shape index (κ3) is 5.48. The minimum absolute atomic E-state index is 0. The average Bonchev–Trinajstić information content (AvgIpc) is 2.52. The van der Waals surface area contributed by atoms with E-state index in [0.717, 1.165) is 19.4 Å². The van der Waals surface area contributed by atoms with E-state index >= 15 is 0 Å². The maximum absolute atomic E-state index is 12.2. The second-order valence-electron chi connectivity index (χ2n) is 7.19. The molecule has 2 unspecified atom stereocenters. The lowest BCUT2D eigenvalue weighted by Gasteiger charge is -2.33. The Morgan fingerprint density at radius 1 is 1.35 bits per heavy atom. The van der Waals surface area contributed by atoms with Crippen molar-refractivity contribution >= 4 is 18.3 Å². The Hall–Kier alpha value is -1.10. The number of carbonyl (C=O) groups is 1. The summed E-state index contributed by atoms with van der Waals surface area (Å²) in [6.07, 6.45) is 2.15. The van der Waals surface area contributed by atoms with Gasteiger partial charge in [0.2, 0.25) is 5.91 Å². The highest BCUT2D eigenvalue weighted by atomic mass is 35.5. The Balaban J connectivity index is 0.00000264. The smallest absolute Gasteiger partial charge is 0.237 e. The minimum atomic E-state index is -0.493. The zero-order valence-corrected chi connectivity index (χ0v) is 15.1. The van der Waals surface area contributed by atoms with Crippen molar-refractivity contribution in [1.29, 1.82) is 0 Å². The fraction of sp³-hybridized carbons (Fsp3) is 0.611. The second kappa shape index (κ2) is 8.67. The summed E-state index contributed by atoms with van der Waals surface area (Å²) in [5.41, 5.74) is 6.96. The van der Waals surface area contributed by atoms with Crippen molar-refractivity contribution in [2.45, 2.75) is 45.8 Å². The average molecular weight is 341 g/mol. The second-order valence-corrected chi connectivity index (χ2v) is 7.19. The van der Waals surface area contributed by atoms with Crippen molar-refractivity contribution in [3.8, 4) is 0 Å². The largest absolute Gasteiger partial charge is 0.373 e. The van der Waals surface area contributed by atoms with E-state index < -0.39 is 6.04 Å². The first-order valence-electron chi connectivity index (χ1n) is 8.09. The van der Waals surface area contributed by atoms with Gasteiger partial charge < -0.3 is 15.8 Å². The van der Waals surface area contributed by atoms with Crippen LogP contribution in [0.15, 0.2) is 30.3 Å². The third-order valence-corrected chi connectivity index (χ3v) is 4.33. The van der Waals surface area contributed by atoms with Gasteiger partial charge in [-0.1, -0.05) is 51.1 Å². The molecule has 0 aromatic heterocycles. The van der Waals surface area contributed by atoms with E-state index in [1.807, 2.05) is 39.0 Å². The Morgan fingerprint density at radius 2 is 2.00 bits per heavy atom. The van der Waals surface area contributed by atoms with Crippen LogP contribution in [0, 0.1) is 11.3 Å². The summed E-state index contributed by atoms with van der Waals surface area (Å²) in [6.45, 7) is 7.34. The Kier molecular flexibility index (Phi) is 7.52. The molecule has 0 radical (unpaired) electrons. The van der Waals surface area contributed by atoms with Crippen LogP contribution < -0.4 is 11.1 Å². The molecule has 1 aliphatic heterocycles. The molecular formula is C18H29ClN2O2. The van der Waals surface area contributed by atoms with E-state index in [0.29, 0.717) is 12.5 Å². The van der Waals surface area contributed by atoms with Gasteiger partial charge in [0.25, 0.3) is 0 Å². The summed E-state index contributed by atoms with van der Waals surface area (Å²) >= 11 is 0. The molecule has 0 bridgehead atoms. The number of nitrogens with one attached hydrogen (secondary N) is 1. The van der Waals surface area contributed by atoms with Crippen LogP contribution in [0.3, 0.4) is 0 Å². The first-order valence-corrected chi connectivity index (χ1v) is 8.09. The standard InChI is InChI=1S/C18H28N2O2.ClH/c1-18(2,3)16(19)17(21)20-12-14-10-7-11-22-15(14)13-8-5-4-6-9-13;/h4-6,8-9,14-16H,7,10-12,19H2,1-3H3,(H,20,21);1H/t14?,15?,16-;/m1./s1.